The molecule has 3 N–H and O–H groups in total. The van der Waals surface area contributed by atoms with Gasteiger partial charge in [-0.3, -0.25) is 0 Å². The molecular formula is C14H15N3O3. The zero-order chi connectivity index (χ0) is 15.0. The number of hydrogen-bond acceptors (Lipinski definition) is 3. The summed E-state index contributed by atoms with van der Waals surface area (Å²) in [4.78, 5) is 22.4. The number of carbonyl (C=O) groups excluding carboxylic acids is 1. The topological polar surface area (TPSA) is 102 Å². The first-order valence-electron chi connectivity index (χ1n) is 5.94. The average molecular weight is 273 g/mol. The number of nitrogens with one attached hydrogen (secondary N) is 2. The molecular weight excluding hydrogens is 258 g/mol. The molecule has 2 amide bonds. The van der Waals surface area contributed by atoms with Gasteiger partial charge in [-0.05, 0) is 24.1 Å². The molecule has 0 radical (unpaired) electrons. The van der Waals surface area contributed by atoms with Crippen LogP contribution < -0.4 is 10.6 Å². The van der Waals surface area contributed by atoms with E-state index in [0.29, 0.717) is 5.56 Å². The molecule has 0 saturated carbocycles. The summed E-state index contributed by atoms with van der Waals surface area (Å²) in [6.07, 6.45) is 1.57. The van der Waals surface area contributed by atoms with Gasteiger partial charge in [-0.1, -0.05) is 18.2 Å². The lowest BCUT2D eigenvalue weighted by atomic mass is 10.1. The molecule has 0 aliphatic heterocycles. The number of nitrogens with zero attached hydrogens (tertiary/aromatic N) is 1. The Hall–Kier alpha value is -2.81. The molecule has 6 nitrogen and oxygen atoms in total. The van der Waals surface area contributed by atoms with Gasteiger partial charge in [0.15, 0.2) is 0 Å². The number of urea groups is 1. The third-order valence-corrected chi connectivity index (χ3v) is 2.51. The molecule has 0 spiro atoms. The number of hydrogen-bond donors (Lipinski definition) is 3. The lowest BCUT2D eigenvalue weighted by Gasteiger charge is -2.13. The highest BCUT2D eigenvalue weighted by Crippen LogP contribution is 2.03. The average Bonchev–Trinajstić information content (AvgIpc) is 2.44. The number of amides is 2. The Morgan fingerprint density at radius 2 is 2.25 bits per heavy atom. The van der Waals surface area contributed by atoms with Crippen molar-refractivity contribution in [3.05, 3.63) is 48.0 Å². The number of rotatable bonds is 6. The lowest BCUT2D eigenvalue weighted by Crippen LogP contribution is -2.45. The van der Waals surface area contributed by atoms with Crippen LogP contribution in [-0.4, -0.2) is 23.1 Å². The van der Waals surface area contributed by atoms with Crippen LogP contribution in [0.4, 0.5) is 4.79 Å². The molecule has 20 heavy (non-hydrogen) atoms. The Bertz CT molecular complexity index is 549. The third-order valence-electron chi connectivity index (χ3n) is 2.51. The summed E-state index contributed by atoms with van der Waals surface area (Å²) in [5.74, 6) is -1.12. The summed E-state index contributed by atoms with van der Waals surface area (Å²) in [6, 6.07) is 7.21. The summed E-state index contributed by atoms with van der Waals surface area (Å²) in [5.41, 5.74) is 1.26. The predicted molar refractivity (Wildman–Crippen MR) is 72.8 cm³/mol. The molecule has 6 heteroatoms. The van der Waals surface area contributed by atoms with Crippen molar-refractivity contribution in [2.75, 3.05) is 0 Å². The van der Waals surface area contributed by atoms with Crippen LogP contribution in [0.15, 0.2) is 36.9 Å². The second-order valence-corrected chi connectivity index (χ2v) is 4.05. The smallest absolute Gasteiger partial charge is 0.326 e. The van der Waals surface area contributed by atoms with Crippen molar-refractivity contribution in [2.45, 2.75) is 19.0 Å². The van der Waals surface area contributed by atoms with E-state index in [2.05, 4.69) is 17.2 Å². The third kappa shape index (κ3) is 4.82. The Kier molecular flexibility index (Phi) is 5.78. The fourth-order valence-electron chi connectivity index (χ4n) is 1.53. The van der Waals surface area contributed by atoms with Crippen LogP contribution in [0.1, 0.15) is 17.5 Å². The molecule has 0 aromatic heterocycles. The molecule has 1 unspecified atom stereocenters. The van der Waals surface area contributed by atoms with Crippen molar-refractivity contribution >= 4 is 12.0 Å². The molecule has 1 atom stereocenters. The first kappa shape index (κ1) is 15.2. The van der Waals surface area contributed by atoms with Gasteiger partial charge in [0.25, 0.3) is 0 Å². The van der Waals surface area contributed by atoms with E-state index in [9.17, 15) is 9.59 Å². The largest absolute Gasteiger partial charge is 0.480 e. The molecule has 104 valence electrons. The molecule has 0 saturated heterocycles. The first-order chi connectivity index (χ1) is 9.56. The Balaban J connectivity index is 2.52. The molecule has 0 aliphatic rings. The van der Waals surface area contributed by atoms with E-state index in [-0.39, 0.29) is 13.0 Å². The van der Waals surface area contributed by atoms with Gasteiger partial charge in [-0.25, -0.2) is 9.59 Å². The predicted octanol–water partition coefficient (Wildman–Crippen LogP) is 1.39. The molecule has 0 bridgehead atoms. The van der Waals surface area contributed by atoms with E-state index in [0.717, 1.165) is 5.56 Å². The van der Waals surface area contributed by atoms with Crippen molar-refractivity contribution in [1.82, 2.24) is 10.6 Å². The Morgan fingerprint density at radius 3 is 2.85 bits per heavy atom. The van der Waals surface area contributed by atoms with E-state index in [1.54, 1.807) is 24.3 Å². The fraction of sp³-hybridized carbons (Fsp3) is 0.214. The van der Waals surface area contributed by atoms with Crippen LogP contribution in [0.2, 0.25) is 0 Å². The first-order valence-corrected chi connectivity index (χ1v) is 5.94. The van der Waals surface area contributed by atoms with Gasteiger partial charge >= 0.3 is 12.0 Å². The zero-order valence-electron chi connectivity index (χ0n) is 10.8. The number of carboxylic acid groups (broad SMARTS) is 1. The summed E-state index contributed by atoms with van der Waals surface area (Å²) in [5, 5.41) is 22.5. The SMILES string of the molecule is C=CCC(NC(=O)NCc1cccc(C#N)c1)C(=O)O. The van der Waals surface area contributed by atoms with Crippen molar-refractivity contribution in [3.8, 4) is 6.07 Å². The van der Waals surface area contributed by atoms with Crippen molar-refractivity contribution < 1.29 is 14.7 Å². The second-order valence-electron chi connectivity index (χ2n) is 4.05. The minimum absolute atomic E-state index is 0.146. The fourth-order valence-corrected chi connectivity index (χ4v) is 1.53. The molecule has 1 rings (SSSR count). The Morgan fingerprint density at radius 1 is 1.50 bits per heavy atom. The van der Waals surface area contributed by atoms with Gasteiger partial charge in [0.05, 0.1) is 11.6 Å². The van der Waals surface area contributed by atoms with Gasteiger partial charge in [-0.2, -0.15) is 5.26 Å². The van der Waals surface area contributed by atoms with Crippen LogP contribution in [0.25, 0.3) is 0 Å². The van der Waals surface area contributed by atoms with Crippen LogP contribution in [0.5, 0.6) is 0 Å². The number of benzene rings is 1. The summed E-state index contributed by atoms with van der Waals surface area (Å²) in [6.45, 7) is 3.65. The summed E-state index contributed by atoms with van der Waals surface area (Å²) < 4.78 is 0. The van der Waals surface area contributed by atoms with E-state index in [1.807, 2.05) is 6.07 Å². The number of nitriles is 1. The van der Waals surface area contributed by atoms with Crippen LogP contribution >= 0.6 is 0 Å². The molecule has 1 aromatic rings. The highest BCUT2D eigenvalue weighted by molar-refractivity contribution is 5.82. The van der Waals surface area contributed by atoms with Crippen molar-refractivity contribution in [1.29, 1.82) is 5.26 Å². The minimum atomic E-state index is -1.12. The summed E-state index contributed by atoms with van der Waals surface area (Å²) in [7, 11) is 0. The van der Waals surface area contributed by atoms with E-state index in [1.165, 1.54) is 6.08 Å². The maximum absolute atomic E-state index is 11.6. The van der Waals surface area contributed by atoms with Crippen molar-refractivity contribution in [2.24, 2.45) is 0 Å². The van der Waals surface area contributed by atoms with E-state index in [4.69, 9.17) is 10.4 Å². The van der Waals surface area contributed by atoms with Gasteiger partial charge in [0, 0.05) is 6.54 Å². The maximum atomic E-state index is 11.6. The quantitative estimate of drug-likeness (QED) is 0.681. The standard InChI is InChI=1S/C14H15N3O3/c1-2-4-12(13(18)19)17-14(20)16-9-11-6-3-5-10(7-11)8-15/h2-3,5-7,12H,1,4,9H2,(H,18,19)(H2,16,17,20). The molecule has 0 fully saturated rings. The highest BCUT2D eigenvalue weighted by Gasteiger charge is 2.17. The van der Waals surface area contributed by atoms with Crippen LogP contribution in [-0.2, 0) is 11.3 Å². The summed E-state index contributed by atoms with van der Waals surface area (Å²) >= 11 is 0. The number of carbonyl (C=O) groups is 2. The maximum Gasteiger partial charge on any atom is 0.326 e. The zero-order valence-corrected chi connectivity index (χ0v) is 10.8. The normalized spacial score (nSPS) is 10.9. The molecule has 1 aromatic carbocycles. The van der Waals surface area contributed by atoms with Crippen LogP contribution in [0, 0.1) is 11.3 Å². The van der Waals surface area contributed by atoms with Crippen molar-refractivity contribution in [3.63, 3.8) is 0 Å². The lowest BCUT2D eigenvalue weighted by molar-refractivity contribution is -0.139. The van der Waals surface area contributed by atoms with Gasteiger partial charge in [0.2, 0.25) is 0 Å². The van der Waals surface area contributed by atoms with E-state index < -0.39 is 18.0 Å². The van der Waals surface area contributed by atoms with Gasteiger partial charge in [-0.15, -0.1) is 6.58 Å². The van der Waals surface area contributed by atoms with Gasteiger partial charge in [0.1, 0.15) is 6.04 Å². The van der Waals surface area contributed by atoms with Gasteiger partial charge < -0.3 is 15.7 Å². The monoisotopic (exact) mass is 273 g/mol. The minimum Gasteiger partial charge on any atom is -0.480 e. The van der Waals surface area contributed by atoms with E-state index >= 15 is 0 Å². The Labute approximate surface area is 116 Å². The second kappa shape index (κ2) is 7.59. The molecule has 0 heterocycles. The number of carboxylic acids is 1. The van der Waals surface area contributed by atoms with Crippen LogP contribution in [0.3, 0.4) is 0 Å². The number of aliphatic carboxylic acids is 1. The molecule has 0 aliphatic carbocycles. The highest BCUT2D eigenvalue weighted by atomic mass is 16.4.